The van der Waals surface area contributed by atoms with Crippen LogP contribution in [0.2, 0.25) is 0 Å². The van der Waals surface area contributed by atoms with Crippen LogP contribution in [-0.4, -0.2) is 37.4 Å². The van der Waals surface area contributed by atoms with Gasteiger partial charge in [-0.25, -0.2) is 10.0 Å². The Hall–Kier alpha value is -3.68. The highest BCUT2D eigenvalue weighted by atomic mass is 32.1. The number of benzene rings is 2. The van der Waals surface area contributed by atoms with E-state index in [4.69, 9.17) is 18.9 Å². The van der Waals surface area contributed by atoms with E-state index >= 15 is 0 Å². The summed E-state index contributed by atoms with van der Waals surface area (Å²) in [6.45, 7) is 1.43. The van der Waals surface area contributed by atoms with E-state index in [1.54, 1.807) is 0 Å². The number of methoxy groups -OCH3 is 3. The first kappa shape index (κ1) is 27.9. The van der Waals surface area contributed by atoms with Gasteiger partial charge in [-0.1, -0.05) is 18.2 Å². The Bertz CT molecular complexity index is 1280. The van der Waals surface area contributed by atoms with Crippen molar-refractivity contribution in [1.82, 2.24) is 0 Å². The molecule has 0 saturated heterocycles. The fourth-order valence-corrected chi connectivity index (χ4v) is 4.51. The van der Waals surface area contributed by atoms with Gasteiger partial charge in [-0.2, -0.15) is 13.2 Å². The molecule has 198 valence electrons. The van der Waals surface area contributed by atoms with Crippen molar-refractivity contribution in [1.29, 1.82) is 0 Å². The average molecular weight is 542 g/mol. The van der Waals surface area contributed by atoms with Crippen LogP contribution in [0.25, 0.3) is 0 Å². The normalized spacial score (nSPS) is 12.3. The molecule has 0 radical (unpaired) electrons. The highest BCUT2D eigenvalue weighted by Crippen LogP contribution is 2.41. The fraction of sp³-hybridized carbons (Fsp3) is 0.292. The number of anilines is 2. The van der Waals surface area contributed by atoms with Crippen LogP contribution in [-0.2, 0) is 20.4 Å². The molecule has 0 spiro atoms. The molecule has 0 fully saturated rings. The van der Waals surface area contributed by atoms with Crippen molar-refractivity contribution < 1.29 is 47.0 Å². The second kappa shape index (κ2) is 11.6. The number of carbonyl (C=O) groups excluding carboxylic acids is 1. The molecule has 0 aliphatic rings. The zero-order valence-electron chi connectivity index (χ0n) is 20.2. The Balaban J connectivity index is 2.00. The number of thiophene rings is 1. The minimum absolute atomic E-state index is 0.0197. The number of hydrogen-bond acceptors (Lipinski definition) is 8. The van der Waals surface area contributed by atoms with Gasteiger partial charge in [-0.15, -0.1) is 11.3 Å². The third-order valence-electron chi connectivity index (χ3n) is 5.26. The van der Waals surface area contributed by atoms with Gasteiger partial charge in [0.05, 0.1) is 22.6 Å². The Kier molecular flexibility index (Phi) is 8.73. The molecular weight excluding hydrogens is 517 g/mol. The van der Waals surface area contributed by atoms with E-state index in [1.165, 1.54) is 63.6 Å². The number of carbonyl (C=O) groups is 1. The second-order valence-electron chi connectivity index (χ2n) is 7.62. The Labute approximate surface area is 213 Å². The Morgan fingerprint density at radius 3 is 2.35 bits per heavy atom. The third kappa shape index (κ3) is 6.37. The number of hydrogen-bond donors (Lipinski definition) is 2. The van der Waals surface area contributed by atoms with Crippen LogP contribution < -0.4 is 10.1 Å². The summed E-state index contributed by atoms with van der Waals surface area (Å²) in [4.78, 5) is 23.7. The topological polar surface area (TPSA) is 106 Å². The van der Waals surface area contributed by atoms with E-state index in [0.717, 1.165) is 24.5 Å². The highest BCUT2D eigenvalue weighted by Gasteiger charge is 2.35. The molecule has 3 aromatic rings. The maximum absolute atomic E-state index is 13.5. The van der Waals surface area contributed by atoms with Gasteiger partial charge in [0.2, 0.25) is 0 Å². The summed E-state index contributed by atoms with van der Waals surface area (Å²) in [6.07, 6.45) is -6.45. The van der Waals surface area contributed by atoms with Crippen LogP contribution >= 0.6 is 11.3 Å². The van der Waals surface area contributed by atoms with Crippen molar-refractivity contribution in [2.45, 2.75) is 25.5 Å². The summed E-state index contributed by atoms with van der Waals surface area (Å²) in [5, 5.41) is 12.7. The zero-order chi connectivity index (χ0) is 27.3. The molecule has 0 saturated carbocycles. The molecule has 3 rings (SSSR count). The van der Waals surface area contributed by atoms with Crippen LogP contribution in [0.5, 0.6) is 5.75 Å². The van der Waals surface area contributed by atoms with Gasteiger partial charge >= 0.3 is 17.8 Å². The molecule has 0 bridgehead atoms. The van der Waals surface area contributed by atoms with Gasteiger partial charge in [0.25, 0.3) is 4.92 Å². The first-order chi connectivity index (χ1) is 17.5. The van der Waals surface area contributed by atoms with Crippen molar-refractivity contribution in [3.05, 3.63) is 75.0 Å². The van der Waals surface area contributed by atoms with E-state index in [-0.39, 0.29) is 37.5 Å². The molecule has 1 atom stereocenters. The van der Waals surface area contributed by atoms with Gasteiger partial charge < -0.3 is 24.3 Å². The number of nitrogens with one attached hydrogen (secondary N) is 1. The third-order valence-corrected chi connectivity index (χ3v) is 6.27. The summed E-state index contributed by atoms with van der Waals surface area (Å²) in [5.41, 5.74) is -0.487. The van der Waals surface area contributed by atoms with Crippen LogP contribution in [0.15, 0.2) is 48.5 Å². The number of rotatable bonds is 10. The lowest BCUT2D eigenvalue weighted by molar-refractivity contribution is -0.729. The minimum atomic E-state index is -4.60. The molecule has 0 aliphatic carbocycles. The Morgan fingerprint density at radius 2 is 1.76 bits per heavy atom. The predicted octanol–water partition coefficient (Wildman–Crippen LogP) is 6.53. The van der Waals surface area contributed by atoms with Crippen molar-refractivity contribution in [2.75, 3.05) is 26.6 Å². The van der Waals surface area contributed by atoms with Crippen molar-refractivity contribution in [3.63, 3.8) is 0 Å². The van der Waals surface area contributed by atoms with Gasteiger partial charge in [-0.3, -0.25) is 0 Å². The van der Waals surface area contributed by atoms with Crippen LogP contribution in [0.4, 0.5) is 29.5 Å². The molecule has 0 aliphatic heterocycles. The first-order valence-electron chi connectivity index (χ1n) is 10.7. The highest BCUT2D eigenvalue weighted by molar-refractivity contribution is 7.18. The maximum Gasteiger partial charge on any atom is 0.416 e. The van der Waals surface area contributed by atoms with Gasteiger partial charge in [-0.05, 0) is 25.1 Å². The first-order valence-corrected chi connectivity index (χ1v) is 11.5. The standard InChI is InChI=1S/C24H23F3N2O7S/c1-13(15-7-5-6-8-16(15)24(25,26)27)36-19-12-20(37-21(19)22(30)33-2)28-17-11-14(23(34-3)35-4)9-10-18(17)29(31)32/h5-13,23H,1-4H3,(H-,28,30,31,32)/p+1/t13-/m1/s1. The zero-order valence-corrected chi connectivity index (χ0v) is 21.0. The number of ether oxygens (including phenoxy) is 4. The summed E-state index contributed by atoms with van der Waals surface area (Å²) < 4.78 is 61.5. The number of halogens is 3. The summed E-state index contributed by atoms with van der Waals surface area (Å²) in [7, 11) is 4.00. The van der Waals surface area contributed by atoms with Crippen LogP contribution in [0, 0.1) is 4.91 Å². The lowest BCUT2D eigenvalue weighted by atomic mass is 10.0. The molecule has 13 heteroatoms. The van der Waals surface area contributed by atoms with Gasteiger partial charge in [0.1, 0.15) is 17.5 Å². The minimum Gasteiger partial charge on any atom is -0.484 e. The lowest BCUT2D eigenvalue weighted by Gasteiger charge is -2.19. The smallest absolute Gasteiger partial charge is 0.416 e. The quantitative estimate of drug-likeness (QED) is 0.170. The van der Waals surface area contributed by atoms with Crippen molar-refractivity contribution in [3.8, 4) is 5.75 Å². The lowest BCUT2D eigenvalue weighted by Crippen LogP contribution is -2.14. The number of nitrogens with zero attached hydrogens (tertiary/aromatic N) is 1. The number of esters is 1. The molecular formula is C24H24F3N2O7S+. The van der Waals surface area contributed by atoms with Crippen molar-refractivity contribution in [2.24, 2.45) is 0 Å². The molecule has 0 amide bonds. The maximum atomic E-state index is 13.5. The largest absolute Gasteiger partial charge is 0.484 e. The van der Waals surface area contributed by atoms with E-state index in [2.05, 4.69) is 5.32 Å². The average Bonchev–Trinajstić information content (AvgIpc) is 3.25. The summed E-state index contributed by atoms with van der Waals surface area (Å²) in [6, 6.07) is 10.7. The second-order valence-corrected chi connectivity index (χ2v) is 8.67. The van der Waals surface area contributed by atoms with E-state index in [1.807, 2.05) is 0 Å². The molecule has 2 N–H and O–H groups in total. The van der Waals surface area contributed by atoms with E-state index in [0.29, 0.717) is 5.56 Å². The summed E-state index contributed by atoms with van der Waals surface area (Å²) >= 11 is 0.883. The molecule has 1 heterocycles. The van der Waals surface area contributed by atoms with E-state index < -0.39 is 30.1 Å². The molecule has 0 unspecified atom stereocenters. The fourth-order valence-electron chi connectivity index (χ4n) is 3.59. The van der Waals surface area contributed by atoms with Gasteiger partial charge in [0.15, 0.2) is 11.2 Å². The number of alkyl halides is 3. The molecule has 37 heavy (non-hydrogen) atoms. The molecule has 2 aromatic carbocycles. The van der Waals surface area contributed by atoms with Crippen molar-refractivity contribution >= 4 is 33.7 Å². The molecule has 1 aromatic heterocycles. The van der Waals surface area contributed by atoms with Gasteiger partial charge in [0, 0.05) is 37.5 Å². The Morgan fingerprint density at radius 1 is 1.08 bits per heavy atom. The van der Waals surface area contributed by atoms with Crippen LogP contribution in [0.1, 0.15) is 45.7 Å². The van der Waals surface area contributed by atoms with Crippen LogP contribution in [0.3, 0.4) is 0 Å². The monoisotopic (exact) mass is 541 g/mol. The predicted molar refractivity (Wildman–Crippen MR) is 128 cm³/mol. The van der Waals surface area contributed by atoms with E-state index in [9.17, 15) is 28.1 Å². The summed E-state index contributed by atoms with van der Waals surface area (Å²) in [5.74, 6) is -0.805. The SMILES string of the molecule is COC(=O)c1sc(Nc2cc(C(OC)OC)ccc2[N+](=O)O)cc1O[C@H](C)c1ccccc1C(F)(F)F. The molecule has 9 nitrogen and oxygen atoms in total.